The number of benzene rings is 2. The van der Waals surface area contributed by atoms with Crippen LogP contribution < -0.4 is 45.6 Å². The zero-order chi connectivity index (χ0) is 33.9. The number of halogens is 2. The topological polar surface area (TPSA) is 0 Å². The second-order valence-corrected chi connectivity index (χ2v) is 27.2. The van der Waals surface area contributed by atoms with Crippen LogP contribution in [0.25, 0.3) is 0 Å². The average molecular weight is 928 g/mol. The van der Waals surface area contributed by atoms with Crippen LogP contribution in [0.4, 0.5) is 0 Å². The molecule has 0 bridgehead atoms. The van der Waals surface area contributed by atoms with E-state index in [0.29, 0.717) is 11.8 Å². The fourth-order valence-electron chi connectivity index (χ4n) is 7.50. The summed E-state index contributed by atoms with van der Waals surface area (Å²) in [5.41, 5.74) is 5.35. The molecule has 4 aromatic carbocycles. The zero-order valence-corrected chi connectivity index (χ0v) is 40.7. The summed E-state index contributed by atoms with van der Waals surface area (Å²) in [5, 5.41) is 6.13. The van der Waals surface area contributed by atoms with Crippen molar-refractivity contribution in [3.8, 4) is 0 Å². The number of hydrogen-bond donors (Lipinski definition) is 0. The Morgan fingerprint density at radius 2 is 0.840 bits per heavy atom. The van der Waals surface area contributed by atoms with E-state index in [1.807, 2.05) is 0 Å². The van der Waals surface area contributed by atoms with Crippen molar-refractivity contribution in [2.75, 3.05) is 0 Å². The molecule has 6 heteroatoms. The van der Waals surface area contributed by atoms with Crippen molar-refractivity contribution in [2.45, 2.75) is 141 Å². The van der Waals surface area contributed by atoms with Crippen molar-refractivity contribution < 1.29 is 50.7 Å². The Kier molecular flexibility index (Phi) is 21.9. The predicted octanol–water partition coefficient (Wildman–Crippen LogP) is 4.64. The maximum absolute atomic E-state index is 2.43. The average Bonchev–Trinajstić information content (AvgIpc) is 3.80. The van der Waals surface area contributed by atoms with E-state index in [4.69, 9.17) is 0 Å². The van der Waals surface area contributed by atoms with Crippen molar-refractivity contribution in [2.24, 2.45) is 0 Å². The van der Waals surface area contributed by atoms with Gasteiger partial charge >= 0.3 is 25.8 Å². The van der Waals surface area contributed by atoms with E-state index in [1.54, 1.807) is 61.7 Å². The smallest absolute Gasteiger partial charge is 1.00 e. The third kappa shape index (κ3) is 13.9. The molecule has 2 aliphatic carbocycles. The first-order valence-corrected chi connectivity index (χ1v) is 26.3. The van der Waals surface area contributed by atoms with Gasteiger partial charge in [0.1, 0.15) is 0 Å². The summed E-state index contributed by atoms with van der Waals surface area (Å²) >= 11 is 0. The molecule has 0 saturated heterocycles. The molecular weight excluding hydrogens is 862 g/mol. The van der Waals surface area contributed by atoms with E-state index < -0.39 is 16.1 Å². The summed E-state index contributed by atoms with van der Waals surface area (Å²) in [6.45, 7) is 18.8. The van der Waals surface area contributed by atoms with Gasteiger partial charge in [0.2, 0.25) is 0 Å². The SMILES string of the molecule is C1CCC([SiH]C2CCCCC2)CC1.CC(C)c1cc([Si](C)(C)c2ccccc2)c[cH-]1.CC(C)c1cc([Si](C)(C)c2ccccc2)c[cH-]1.[Cl-].[Cl-].[Hf+4]. The van der Waals surface area contributed by atoms with Crippen LogP contribution in [-0.4, -0.2) is 25.7 Å². The molecule has 0 aliphatic heterocycles. The van der Waals surface area contributed by atoms with E-state index in [1.165, 1.54) is 45.4 Å². The minimum absolute atomic E-state index is 0. The van der Waals surface area contributed by atoms with Gasteiger partial charge in [0, 0.05) is 25.7 Å². The van der Waals surface area contributed by atoms with Gasteiger partial charge in [0.25, 0.3) is 0 Å². The van der Waals surface area contributed by atoms with Gasteiger partial charge in [0.05, 0.1) is 0 Å². The fraction of sp³-hybridized carbons (Fsp3) is 0.500. The molecule has 0 aromatic heterocycles. The van der Waals surface area contributed by atoms with E-state index in [0.717, 1.165) is 9.52 Å². The van der Waals surface area contributed by atoms with E-state index in [9.17, 15) is 0 Å². The molecule has 0 amide bonds. The van der Waals surface area contributed by atoms with Crippen LogP contribution in [0.2, 0.25) is 37.3 Å². The largest absolute Gasteiger partial charge is 4.00 e. The van der Waals surface area contributed by atoms with Gasteiger partial charge in [-0.1, -0.05) is 189 Å². The normalized spacial score (nSPS) is 15.4. The first-order valence-electron chi connectivity index (χ1n) is 19.0. The van der Waals surface area contributed by atoms with Crippen molar-refractivity contribution in [1.82, 2.24) is 0 Å². The summed E-state index contributed by atoms with van der Waals surface area (Å²) in [6.07, 6.45) is 15.6. The second kappa shape index (κ2) is 23.1. The summed E-state index contributed by atoms with van der Waals surface area (Å²) in [6, 6.07) is 35.9. The molecule has 0 N–H and O–H groups in total. The monoisotopic (exact) mass is 927 g/mol. The molecule has 0 unspecified atom stereocenters. The van der Waals surface area contributed by atoms with Crippen LogP contribution in [0.15, 0.2) is 97.1 Å². The van der Waals surface area contributed by atoms with Gasteiger partial charge in [-0.25, -0.2) is 12.1 Å². The Bertz CT molecular complexity index is 1320. The Hall–Kier alpha value is -0.759. The third-order valence-electron chi connectivity index (χ3n) is 11.2. The molecule has 0 atom stereocenters. The minimum Gasteiger partial charge on any atom is -1.00 e. The summed E-state index contributed by atoms with van der Waals surface area (Å²) in [4.78, 5) is 0. The maximum Gasteiger partial charge on any atom is 4.00 e. The summed E-state index contributed by atoms with van der Waals surface area (Å²) < 4.78 is 0. The quantitative estimate of drug-likeness (QED) is 0.179. The van der Waals surface area contributed by atoms with Crippen molar-refractivity contribution >= 4 is 46.4 Å². The molecule has 2 fully saturated rings. The molecule has 2 aliphatic rings. The van der Waals surface area contributed by atoms with E-state index in [2.05, 4.69) is 151 Å². The Balaban J connectivity index is 0.000000367. The van der Waals surface area contributed by atoms with Gasteiger partial charge in [-0.3, -0.25) is 0 Å². The van der Waals surface area contributed by atoms with Gasteiger partial charge in [-0.05, 0) is 22.9 Å². The molecule has 2 saturated carbocycles. The van der Waals surface area contributed by atoms with Crippen LogP contribution in [-0.2, 0) is 25.8 Å². The van der Waals surface area contributed by atoms with Crippen LogP contribution in [0.5, 0.6) is 0 Å². The molecule has 0 nitrogen and oxygen atoms in total. The molecule has 4 aromatic rings. The van der Waals surface area contributed by atoms with Gasteiger partial charge in [0.15, 0.2) is 0 Å². The van der Waals surface area contributed by atoms with E-state index in [-0.39, 0.29) is 50.7 Å². The first-order chi connectivity index (χ1) is 22.5. The molecular formula is C44H65Cl2HfSi3. The summed E-state index contributed by atoms with van der Waals surface area (Å²) in [7, 11) is -2.14. The van der Waals surface area contributed by atoms with Crippen LogP contribution in [0.1, 0.15) is 115 Å². The standard InChI is InChI=1S/2C16H21Si.C12H23Si.2ClH.Hf/c2*1-13(2)14-10-11-16(12-14)17(3,4)15-8-6-5-7-9-15;1-3-7-11(8-4-1)13-12-9-5-2-6-10-12;;;/h2*5-13H,1-4H3;11-13H,1-10H2;2*1H;/q2*-1;;;;+4/p-2. The first kappa shape index (κ1) is 47.3. The Morgan fingerprint density at radius 1 is 0.520 bits per heavy atom. The summed E-state index contributed by atoms with van der Waals surface area (Å²) in [5.74, 6) is 1.26. The van der Waals surface area contributed by atoms with Gasteiger partial charge < -0.3 is 24.8 Å². The molecule has 50 heavy (non-hydrogen) atoms. The molecule has 6 rings (SSSR count). The predicted molar refractivity (Wildman–Crippen MR) is 219 cm³/mol. The van der Waals surface area contributed by atoms with Gasteiger partial charge in [-0.2, -0.15) is 45.8 Å². The van der Waals surface area contributed by atoms with Crippen LogP contribution in [0, 0.1) is 0 Å². The van der Waals surface area contributed by atoms with Crippen molar-refractivity contribution in [3.63, 3.8) is 0 Å². The number of rotatable bonds is 8. The third-order valence-corrected chi connectivity index (χ3v) is 20.7. The van der Waals surface area contributed by atoms with Crippen molar-refractivity contribution in [3.05, 3.63) is 108 Å². The van der Waals surface area contributed by atoms with Crippen LogP contribution >= 0.6 is 0 Å². The fourth-order valence-corrected chi connectivity index (χ4v) is 14.8. The van der Waals surface area contributed by atoms with Crippen molar-refractivity contribution in [1.29, 1.82) is 0 Å². The van der Waals surface area contributed by atoms with E-state index >= 15 is 0 Å². The molecule has 0 heterocycles. The number of hydrogen-bond acceptors (Lipinski definition) is 0. The zero-order valence-electron chi connectivity index (χ0n) is 32.5. The maximum atomic E-state index is 2.43. The Morgan fingerprint density at radius 3 is 1.12 bits per heavy atom. The van der Waals surface area contributed by atoms with Gasteiger partial charge in [-0.15, -0.1) is 0 Å². The molecule has 271 valence electrons. The molecule has 0 spiro atoms. The second-order valence-electron chi connectivity index (χ2n) is 16.1. The molecule has 1 radical (unpaired) electrons. The Labute approximate surface area is 343 Å². The van der Waals surface area contributed by atoms with Crippen LogP contribution in [0.3, 0.4) is 0 Å². The minimum atomic E-state index is -1.48.